The molecular weight excluding hydrogens is 629 g/mol. The predicted octanol–water partition coefficient (Wildman–Crippen LogP) is 4.72. The van der Waals surface area contributed by atoms with Crippen LogP contribution in [-0.4, -0.2) is 69.3 Å². The van der Waals surface area contributed by atoms with Gasteiger partial charge in [0.1, 0.15) is 12.6 Å². The Kier molecular flexibility index (Phi) is 13.9. The topological polar surface area (TPSA) is 146 Å². The van der Waals surface area contributed by atoms with Gasteiger partial charge in [-0.1, -0.05) is 80.6 Å². The highest BCUT2D eigenvalue weighted by Crippen LogP contribution is 2.16. The Balaban J connectivity index is 1.47. The van der Waals surface area contributed by atoms with Crippen LogP contribution in [0.5, 0.6) is 0 Å². The van der Waals surface area contributed by atoms with E-state index >= 15 is 0 Å². The lowest BCUT2D eigenvalue weighted by atomic mass is 9.93. The van der Waals surface area contributed by atoms with Crippen molar-refractivity contribution in [1.29, 1.82) is 0 Å². The molecule has 4 amide bonds. The second kappa shape index (κ2) is 18.5. The zero-order valence-corrected chi connectivity index (χ0v) is 28.3. The van der Waals surface area contributed by atoms with E-state index in [1.54, 1.807) is 37.1 Å². The Morgan fingerprint density at radius 2 is 1.56 bits per heavy atom. The molecule has 0 fully saturated rings. The average Bonchev–Trinajstić information content (AvgIpc) is 3.60. The third-order valence-corrected chi connectivity index (χ3v) is 8.45. The number of nitrogens with one attached hydrogen (secondary N) is 3. The second-order valence-corrected chi connectivity index (χ2v) is 12.8. The predicted molar refractivity (Wildman–Crippen MR) is 185 cm³/mol. The van der Waals surface area contributed by atoms with Crippen LogP contribution in [0, 0.1) is 5.92 Å². The van der Waals surface area contributed by atoms with E-state index in [1.165, 1.54) is 16.2 Å². The number of rotatable bonds is 16. The highest BCUT2D eigenvalue weighted by Gasteiger charge is 2.31. The van der Waals surface area contributed by atoms with Crippen LogP contribution in [-0.2, 0) is 35.5 Å². The van der Waals surface area contributed by atoms with Crippen molar-refractivity contribution < 1.29 is 24.2 Å². The minimum absolute atomic E-state index is 0.0296. The molecule has 2 heterocycles. The maximum absolute atomic E-state index is 13.8. The average molecular weight is 673 g/mol. The van der Waals surface area contributed by atoms with Gasteiger partial charge in [0.05, 0.1) is 29.9 Å². The Hall–Kier alpha value is -4.81. The van der Waals surface area contributed by atoms with Crippen molar-refractivity contribution in [3.05, 3.63) is 118 Å². The van der Waals surface area contributed by atoms with Gasteiger partial charge < -0.3 is 30.7 Å². The molecule has 48 heavy (non-hydrogen) atoms. The Bertz CT molecular complexity index is 1540. The highest BCUT2D eigenvalue weighted by atomic mass is 32.1. The number of carbonyl (C=O) groups is 3. The minimum Gasteiger partial charge on any atom is -0.445 e. The first-order valence-corrected chi connectivity index (χ1v) is 16.9. The summed E-state index contributed by atoms with van der Waals surface area (Å²) < 4.78 is 5.44. The van der Waals surface area contributed by atoms with Gasteiger partial charge >= 0.3 is 12.1 Å². The summed E-state index contributed by atoms with van der Waals surface area (Å²) in [5.74, 6) is -0.581. The lowest BCUT2D eigenvalue weighted by Gasteiger charge is -2.30. The van der Waals surface area contributed by atoms with Crippen molar-refractivity contribution in [2.24, 2.45) is 5.92 Å². The van der Waals surface area contributed by atoms with Crippen molar-refractivity contribution in [1.82, 2.24) is 30.8 Å². The van der Waals surface area contributed by atoms with E-state index in [1.807, 2.05) is 79.9 Å². The van der Waals surface area contributed by atoms with Crippen LogP contribution in [0.2, 0.25) is 0 Å². The summed E-state index contributed by atoms with van der Waals surface area (Å²) in [4.78, 5) is 49.5. The van der Waals surface area contributed by atoms with Gasteiger partial charge in [0, 0.05) is 36.4 Å². The van der Waals surface area contributed by atoms with Crippen LogP contribution in [0.3, 0.4) is 0 Å². The number of benzene rings is 2. The number of carbonyl (C=O) groups excluding carboxylic acids is 3. The van der Waals surface area contributed by atoms with E-state index in [0.29, 0.717) is 19.4 Å². The number of aromatic nitrogens is 2. The van der Waals surface area contributed by atoms with Crippen molar-refractivity contribution in [3.8, 4) is 0 Å². The third kappa shape index (κ3) is 11.8. The van der Waals surface area contributed by atoms with Gasteiger partial charge in [-0.15, -0.1) is 11.3 Å². The number of amides is 4. The fourth-order valence-electron chi connectivity index (χ4n) is 5.22. The Morgan fingerprint density at radius 1 is 0.896 bits per heavy atom. The van der Waals surface area contributed by atoms with Gasteiger partial charge in [0.15, 0.2) is 0 Å². The molecule has 0 aliphatic rings. The first-order valence-electron chi connectivity index (χ1n) is 15.9. The number of alkyl carbamates (subject to hydrolysis) is 1. The number of ether oxygens (including phenoxy) is 1. The number of hydrogen-bond acceptors (Lipinski definition) is 8. The first-order chi connectivity index (χ1) is 23.2. The van der Waals surface area contributed by atoms with E-state index in [-0.39, 0.29) is 24.9 Å². The first kappa shape index (κ1) is 36.0. The summed E-state index contributed by atoms with van der Waals surface area (Å²) in [5, 5.41) is 22.3. The lowest BCUT2D eigenvalue weighted by Crippen LogP contribution is -2.55. The standard InChI is InChI=1S/C36H44N6O5S/c1-25(2)33(41-35(45)42(3)21-30-23-48-24-38-30)34(44)39-29(17-26-11-6-4-7-12-26)19-32(43)31(18-27-13-8-5-9-14-27)40-36(46)47-22-28-15-10-16-37-20-28/h4-16,20,23-25,29,31-33,43H,17-19,21-22H2,1-3H3,(H,39,44)(H,40,46)(H,41,45)/t29-,31-,32-,33?/m0/s1. The van der Waals surface area contributed by atoms with E-state index in [2.05, 4.69) is 25.9 Å². The monoisotopic (exact) mass is 672 g/mol. The Morgan fingerprint density at radius 3 is 2.17 bits per heavy atom. The molecule has 0 saturated heterocycles. The summed E-state index contributed by atoms with van der Waals surface area (Å²) in [5.41, 5.74) is 5.09. The second-order valence-electron chi connectivity index (χ2n) is 12.1. The Labute approximate surface area is 285 Å². The molecule has 0 aliphatic carbocycles. The van der Waals surface area contributed by atoms with E-state index in [4.69, 9.17) is 4.74 Å². The number of aliphatic hydroxyl groups excluding tert-OH is 1. The van der Waals surface area contributed by atoms with Crippen molar-refractivity contribution >= 4 is 29.4 Å². The van der Waals surface area contributed by atoms with Crippen LogP contribution < -0.4 is 16.0 Å². The minimum atomic E-state index is -1.05. The van der Waals surface area contributed by atoms with Gasteiger partial charge in [-0.25, -0.2) is 14.6 Å². The van der Waals surface area contributed by atoms with Crippen molar-refractivity contribution in [2.45, 2.75) is 70.5 Å². The van der Waals surface area contributed by atoms with Crippen LogP contribution in [0.15, 0.2) is 96.1 Å². The molecule has 2 aromatic carbocycles. The van der Waals surface area contributed by atoms with Crippen LogP contribution in [0.25, 0.3) is 0 Å². The lowest BCUT2D eigenvalue weighted by molar-refractivity contribution is -0.124. The normalized spacial score (nSPS) is 13.5. The quantitative estimate of drug-likeness (QED) is 0.135. The maximum atomic E-state index is 13.8. The summed E-state index contributed by atoms with van der Waals surface area (Å²) in [7, 11) is 1.65. The summed E-state index contributed by atoms with van der Waals surface area (Å²) >= 11 is 1.45. The van der Waals surface area contributed by atoms with Gasteiger partial charge in [-0.3, -0.25) is 9.78 Å². The highest BCUT2D eigenvalue weighted by molar-refractivity contribution is 7.07. The number of nitrogens with zero attached hydrogens (tertiary/aromatic N) is 3. The molecular formula is C36H44N6O5S. The molecule has 0 bridgehead atoms. The van der Waals surface area contributed by atoms with Gasteiger partial charge in [0.2, 0.25) is 5.91 Å². The molecule has 0 spiro atoms. The number of hydrogen-bond donors (Lipinski definition) is 4. The zero-order valence-electron chi connectivity index (χ0n) is 27.5. The van der Waals surface area contributed by atoms with Crippen LogP contribution in [0.4, 0.5) is 9.59 Å². The van der Waals surface area contributed by atoms with Gasteiger partial charge in [-0.05, 0) is 42.4 Å². The molecule has 254 valence electrons. The molecule has 11 nitrogen and oxygen atoms in total. The molecule has 4 aromatic rings. The van der Waals surface area contributed by atoms with Crippen molar-refractivity contribution in [2.75, 3.05) is 7.05 Å². The van der Waals surface area contributed by atoms with E-state index in [0.717, 1.165) is 22.4 Å². The summed E-state index contributed by atoms with van der Waals surface area (Å²) in [6, 6.07) is 20.3. The fourth-order valence-corrected chi connectivity index (χ4v) is 5.77. The molecule has 2 aromatic heterocycles. The molecule has 12 heteroatoms. The number of pyridine rings is 1. The number of aliphatic hydroxyl groups is 1. The summed E-state index contributed by atoms with van der Waals surface area (Å²) in [6.07, 6.45) is 2.42. The van der Waals surface area contributed by atoms with E-state index < -0.39 is 36.4 Å². The fraction of sp³-hybridized carbons (Fsp3) is 0.361. The molecule has 0 saturated carbocycles. The molecule has 1 unspecified atom stereocenters. The number of thiazole rings is 1. The largest absolute Gasteiger partial charge is 0.445 e. The van der Waals surface area contributed by atoms with Gasteiger partial charge in [0.25, 0.3) is 0 Å². The molecule has 4 atom stereocenters. The van der Waals surface area contributed by atoms with Crippen molar-refractivity contribution in [3.63, 3.8) is 0 Å². The third-order valence-electron chi connectivity index (χ3n) is 7.81. The molecule has 4 N–H and O–H groups in total. The van der Waals surface area contributed by atoms with Crippen LogP contribution >= 0.6 is 11.3 Å². The maximum Gasteiger partial charge on any atom is 0.407 e. The zero-order chi connectivity index (χ0) is 34.3. The van der Waals surface area contributed by atoms with Crippen LogP contribution in [0.1, 0.15) is 42.7 Å². The smallest absolute Gasteiger partial charge is 0.407 e. The van der Waals surface area contributed by atoms with E-state index in [9.17, 15) is 19.5 Å². The number of urea groups is 1. The molecule has 4 rings (SSSR count). The SMILES string of the molecule is CC(C)C(NC(=O)N(C)Cc1cscn1)C(=O)N[C@@H](Cc1ccccc1)C[C@H](O)[C@H](Cc1ccccc1)NC(=O)OCc1cccnc1. The van der Waals surface area contributed by atoms with Gasteiger partial charge in [-0.2, -0.15) is 0 Å². The summed E-state index contributed by atoms with van der Waals surface area (Å²) in [6.45, 7) is 4.07. The molecule has 0 radical (unpaired) electrons. The molecule has 0 aliphatic heterocycles.